The van der Waals surface area contributed by atoms with Crippen LogP contribution < -0.4 is 5.32 Å². The third-order valence-corrected chi connectivity index (χ3v) is 2.75. The summed E-state index contributed by atoms with van der Waals surface area (Å²) >= 11 is 0. The Bertz CT molecular complexity index is 569. The summed E-state index contributed by atoms with van der Waals surface area (Å²) in [5.41, 5.74) is 0.116. The van der Waals surface area contributed by atoms with Crippen molar-refractivity contribution in [3.05, 3.63) is 35.7 Å². The minimum absolute atomic E-state index is 0.0781. The van der Waals surface area contributed by atoms with Gasteiger partial charge in [-0.15, -0.1) is 10.2 Å². The number of halogens is 2. The van der Waals surface area contributed by atoms with Gasteiger partial charge in [-0.1, -0.05) is 13.8 Å². The number of aryl methyl sites for hydroxylation is 1. The SMILES string of the molecule is CC(C)NCCCc1nnc(-c2ccc(F)cc2F)o1. The molecule has 0 unspecified atom stereocenters. The van der Waals surface area contributed by atoms with Crippen LogP contribution in [0.3, 0.4) is 0 Å². The molecular weight excluding hydrogens is 264 g/mol. The largest absolute Gasteiger partial charge is 0.421 e. The van der Waals surface area contributed by atoms with Gasteiger partial charge in [0, 0.05) is 18.5 Å². The Morgan fingerprint density at radius 3 is 2.75 bits per heavy atom. The molecule has 2 aromatic rings. The van der Waals surface area contributed by atoms with E-state index < -0.39 is 11.6 Å². The van der Waals surface area contributed by atoms with Gasteiger partial charge in [0.1, 0.15) is 11.6 Å². The van der Waals surface area contributed by atoms with Crippen molar-refractivity contribution in [2.45, 2.75) is 32.7 Å². The lowest BCUT2D eigenvalue weighted by atomic mass is 10.2. The van der Waals surface area contributed by atoms with Crippen molar-refractivity contribution in [1.82, 2.24) is 15.5 Å². The first-order valence-corrected chi connectivity index (χ1v) is 6.57. The molecule has 1 aromatic heterocycles. The van der Waals surface area contributed by atoms with Crippen molar-refractivity contribution in [3.8, 4) is 11.5 Å². The van der Waals surface area contributed by atoms with Gasteiger partial charge in [0.15, 0.2) is 0 Å². The summed E-state index contributed by atoms with van der Waals surface area (Å²) in [4.78, 5) is 0. The summed E-state index contributed by atoms with van der Waals surface area (Å²) in [5.74, 6) is -0.809. The first kappa shape index (κ1) is 14.6. The van der Waals surface area contributed by atoms with E-state index in [9.17, 15) is 8.78 Å². The van der Waals surface area contributed by atoms with Crippen LogP contribution in [0.5, 0.6) is 0 Å². The van der Waals surface area contributed by atoms with Crippen LogP contribution in [0.2, 0.25) is 0 Å². The molecular formula is C14H17F2N3O. The Balaban J connectivity index is 1.98. The normalized spacial score (nSPS) is 11.2. The van der Waals surface area contributed by atoms with Gasteiger partial charge < -0.3 is 9.73 Å². The van der Waals surface area contributed by atoms with Gasteiger partial charge >= 0.3 is 0 Å². The fourth-order valence-corrected chi connectivity index (χ4v) is 1.76. The van der Waals surface area contributed by atoms with Crippen molar-refractivity contribution in [2.24, 2.45) is 0 Å². The fourth-order valence-electron chi connectivity index (χ4n) is 1.76. The molecule has 108 valence electrons. The van der Waals surface area contributed by atoms with Crippen LogP contribution in [0.15, 0.2) is 22.6 Å². The number of rotatable bonds is 6. The molecule has 2 rings (SSSR count). The van der Waals surface area contributed by atoms with Crippen molar-refractivity contribution in [2.75, 3.05) is 6.54 Å². The van der Waals surface area contributed by atoms with Crippen LogP contribution in [0.4, 0.5) is 8.78 Å². The second kappa shape index (κ2) is 6.56. The van der Waals surface area contributed by atoms with Gasteiger partial charge in [-0.05, 0) is 25.1 Å². The van der Waals surface area contributed by atoms with Crippen LogP contribution in [-0.2, 0) is 6.42 Å². The molecule has 1 heterocycles. The molecule has 0 aliphatic heterocycles. The molecule has 0 spiro atoms. The molecule has 1 aromatic carbocycles. The van der Waals surface area contributed by atoms with E-state index in [2.05, 4.69) is 29.4 Å². The van der Waals surface area contributed by atoms with E-state index in [1.165, 1.54) is 6.07 Å². The molecule has 0 saturated heterocycles. The predicted molar refractivity (Wildman–Crippen MR) is 71.1 cm³/mol. The van der Waals surface area contributed by atoms with E-state index >= 15 is 0 Å². The molecule has 0 saturated carbocycles. The van der Waals surface area contributed by atoms with Crippen molar-refractivity contribution >= 4 is 0 Å². The topological polar surface area (TPSA) is 51.0 Å². The highest BCUT2D eigenvalue weighted by Gasteiger charge is 2.13. The van der Waals surface area contributed by atoms with E-state index in [1.807, 2.05) is 0 Å². The molecule has 0 atom stereocenters. The van der Waals surface area contributed by atoms with Crippen LogP contribution in [0, 0.1) is 11.6 Å². The van der Waals surface area contributed by atoms with Crippen molar-refractivity contribution < 1.29 is 13.2 Å². The van der Waals surface area contributed by atoms with E-state index in [-0.39, 0.29) is 11.5 Å². The van der Waals surface area contributed by atoms with Crippen LogP contribution >= 0.6 is 0 Å². The predicted octanol–water partition coefficient (Wildman–Crippen LogP) is 2.95. The first-order valence-electron chi connectivity index (χ1n) is 6.57. The fraction of sp³-hybridized carbons (Fsp3) is 0.429. The Hall–Kier alpha value is -1.82. The average Bonchev–Trinajstić information content (AvgIpc) is 2.83. The maximum atomic E-state index is 13.6. The van der Waals surface area contributed by atoms with Gasteiger partial charge in [0.2, 0.25) is 5.89 Å². The van der Waals surface area contributed by atoms with E-state index in [0.29, 0.717) is 18.4 Å². The van der Waals surface area contributed by atoms with Gasteiger partial charge in [-0.2, -0.15) is 0 Å². The molecule has 0 fully saturated rings. The molecule has 0 aliphatic rings. The number of hydrogen-bond acceptors (Lipinski definition) is 4. The van der Waals surface area contributed by atoms with Gasteiger partial charge in [-0.3, -0.25) is 0 Å². The highest BCUT2D eigenvalue weighted by atomic mass is 19.1. The molecule has 4 nitrogen and oxygen atoms in total. The van der Waals surface area contributed by atoms with Crippen LogP contribution in [-0.4, -0.2) is 22.8 Å². The standard InChI is InChI=1S/C14H17F2N3O/c1-9(2)17-7-3-4-13-18-19-14(20-13)11-6-5-10(15)8-12(11)16/h5-6,8-9,17H,3-4,7H2,1-2H3. The maximum absolute atomic E-state index is 13.6. The summed E-state index contributed by atoms with van der Waals surface area (Å²) in [5, 5.41) is 10.9. The van der Waals surface area contributed by atoms with E-state index in [0.717, 1.165) is 25.1 Å². The second-order valence-corrected chi connectivity index (χ2v) is 4.84. The summed E-state index contributed by atoms with van der Waals surface area (Å²) in [7, 11) is 0. The minimum Gasteiger partial charge on any atom is -0.421 e. The summed E-state index contributed by atoms with van der Waals surface area (Å²) in [6.45, 7) is 4.99. The maximum Gasteiger partial charge on any atom is 0.250 e. The zero-order valence-electron chi connectivity index (χ0n) is 11.5. The van der Waals surface area contributed by atoms with Gasteiger partial charge in [-0.25, -0.2) is 8.78 Å². The quantitative estimate of drug-likeness (QED) is 0.827. The Morgan fingerprint density at radius 2 is 2.05 bits per heavy atom. The molecule has 0 radical (unpaired) electrons. The third-order valence-electron chi connectivity index (χ3n) is 2.75. The third kappa shape index (κ3) is 3.84. The Labute approximate surface area is 116 Å². The summed E-state index contributed by atoms with van der Waals surface area (Å²) in [6, 6.07) is 3.68. The highest BCUT2D eigenvalue weighted by molar-refractivity contribution is 5.53. The number of aromatic nitrogens is 2. The van der Waals surface area contributed by atoms with Crippen LogP contribution in [0.25, 0.3) is 11.5 Å². The molecule has 20 heavy (non-hydrogen) atoms. The Kier molecular flexibility index (Phi) is 4.79. The van der Waals surface area contributed by atoms with E-state index in [1.54, 1.807) is 0 Å². The number of benzene rings is 1. The molecule has 0 aliphatic carbocycles. The zero-order valence-corrected chi connectivity index (χ0v) is 11.5. The summed E-state index contributed by atoms with van der Waals surface area (Å²) < 4.78 is 31.8. The lowest BCUT2D eigenvalue weighted by Crippen LogP contribution is -2.23. The van der Waals surface area contributed by atoms with Crippen LogP contribution in [0.1, 0.15) is 26.2 Å². The van der Waals surface area contributed by atoms with E-state index in [4.69, 9.17) is 4.42 Å². The molecule has 0 amide bonds. The minimum atomic E-state index is -0.707. The van der Waals surface area contributed by atoms with Crippen molar-refractivity contribution in [3.63, 3.8) is 0 Å². The van der Waals surface area contributed by atoms with Gasteiger partial charge in [0.05, 0.1) is 5.56 Å². The molecule has 1 N–H and O–H groups in total. The highest BCUT2D eigenvalue weighted by Crippen LogP contribution is 2.22. The number of nitrogens with zero attached hydrogens (tertiary/aromatic N) is 2. The second-order valence-electron chi connectivity index (χ2n) is 4.84. The van der Waals surface area contributed by atoms with Crippen molar-refractivity contribution in [1.29, 1.82) is 0 Å². The molecule has 6 heteroatoms. The lowest BCUT2D eigenvalue weighted by Gasteiger charge is -2.05. The smallest absolute Gasteiger partial charge is 0.250 e. The average molecular weight is 281 g/mol. The molecule has 0 bridgehead atoms. The number of hydrogen-bond donors (Lipinski definition) is 1. The summed E-state index contributed by atoms with van der Waals surface area (Å²) in [6.07, 6.45) is 1.47. The monoisotopic (exact) mass is 281 g/mol. The van der Waals surface area contributed by atoms with Gasteiger partial charge in [0.25, 0.3) is 5.89 Å². The Morgan fingerprint density at radius 1 is 1.25 bits per heavy atom. The lowest BCUT2D eigenvalue weighted by molar-refractivity contribution is 0.481. The zero-order chi connectivity index (χ0) is 14.5. The number of nitrogens with one attached hydrogen (secondary N) is 1. The first-order chi connectivity index (χ1) is 9.56.